The zero-order valence-electron chi connectivity index (χ0n) is 16.6. The van der Waals surface area contributed by atoms with Crippen LogP contribution >= 0.6 is 0 Å². The maximum atomic E-state index is 10.3. The summed E-state index contributed by atoms with van der Waals surface area (Å²) in [5, 5.41) is 10.3. The standard InChI is InChI=1S/C21H29N3O4/c1-26-19-7-6-17(13-20(19)27-2)15-28-16-18(25)14-23-9-11-24(12-10-23)21-5-3-4-8-22-21/h3-8,13,18,25H,9-12,14-16H2,1-2H3/t18-/m1/s1. The molecule has 2 aromatic rings. The predicted octanol–water partition coefficient (Wildman–Crippen LogP) is 1.80. The molecule has 1 aromatic carbocycles. The summed E-state index contributed by atoms with van der Waals surface area (Å²) in [6.45, 7) is 4.97. The minimum Gasteiger partial charge on any atom is -0.493 e. The fourth-order valence-electron chi connectivity index (χ4n) is 3.33. The molecule has 0 saturated carbocycles. The lowest BCUT2D eigenvalue weighted by Crippen LogP contribution is -2.49. The molecular formula is C21H29N3O4. The van der Waals surface area contributed by atoms with Gasteiger partial charge in [0.2, 0.25) is 0 Å². The fourth-order valence-corrected chi connectivity index (χ4v) is 3.33. The molecule has 0 radical (unpaired) electrons. The third-order valence-electron chi connectivity index (χ3n) is 4.84. The number of hydrogen-bond acceptors (Lipinski definition) is 7. The third-order valence-corrected chi connectivity index (χ3v) is 4.84. The van der Waals surface area contributed by atoms with E-state index in [1.807, 2.05) is 42.6 Å². The summed E-state index contributed by atoms with van der Waals surface area (Å²) in [6.07, 6.45) is 1.31. The molecule has 0 aliphatic carbocycles. The van der Waals surface area contributed by atoms with Gasteiger partial charge in [0, 0.05) is 38.9 Å². The first-order valence-electron chi connectivity index (χ1n) is 9.54. The Hall–Kier alpha value is -2.35. The second-order valence-corrected chi connectivity index (χ2v) is 6.83. The molecule has 28 heavy (non-hydrogen) atoms. The highest BCUT2D eigenvalue weighted by molar-refractivity contribution is 5.42. The van der Waals surface area contributed by atoms with Gasteiger partial charge in [0.05, 0.1) is 33.5 Å². The molecule has 0 spiro atoms. The quantitative estimate of drug-likeness (QED) is 0.704. The normalized spacial score (nSPS) is 16.0. The van der Waals surface area contributed by atoms with Crippen LogP contribution in [0.5, 0.6) is 11.5 Å². The molecule has 1 fully saturated rings. The number of rotatable bonds is 9. The summed E-state index contributed by atoms with van der Waals surface area (Å²) in [4.78, 5) is 8.94. The molecule has 1 saturated heterocycles. The summed E-state index contributed by atoms with van der Waals surface area (Å²) in [6, 6.07) is 11.7. The third kappa shape index (κ3) is 5.58. The van der Waals surface area contributed by atoms with Crippen molar-refractivity contribution in [2.45, 2.75) is 12.7 Å². The molecule has 3 rings (SSSR count). The van der Waals surface area contributed by atoms with Crippen molar-refractivity contribution in [1.82, 2.24) is 9.88 Å². The van der Waals surface area contributed by atoms with Gasteiger partial charge in [0.1, 0.15) is 5.82 Å². The number of methoxy groups -OCH3 is 2. The topological polar surface area (TPSA) is 67.3 Å². The number of pyridine rings is 1. The first-order valence-corrected chi connectivity index (χ1v) is 9.54. The monoisotopic (exact) mass is 387 g/mol. The van der Waals surface area contributed by atoms with Crippen molar-refractivity contribution in [2.24, 2.45) is 0 Å². The summed E-state index contributed by atoms with van der Waals surface area (Å²) < 4.78 is 16.2. The van der Waals surface area contributed by atoms with E-state index < -0.39 is 6.10 Å². The Morgan fingerprint density at radius 2 is 1.82 bits per heavy atom. The Bertz CT molecular complexity index is 721. The molecule has 152 valence electrons. The van der Waals surface area contributed by atoms with E-state index in [0.29, 0.717) is 31.3 Å². The van der Waals surface area contributed by atoms with Gasteiger partial charge in [-0.15, -0.1) is 0 Å². The van der Waals surface area contributed by atoms with Crippen molar-refractivity contribution in [3.8, 4) is 11.5 Å². The summed E-state index contributed by atoms with van der Waals surface area (Å²) in [5.41, 5.74) is 0.980. The summed E-state index contributed by atoms with van der Waals surface area (Å²) in [7, 11) is 3.22. The lowest BCUT2D eigenvalue weighted by molar-refractivity contribution is 0.00907. The number of β-amino-alcohol motifs (C(OH)–C–C–N with tert-alkyl or cyclic N) is 1. The maximum Gasteiger partial charge on any atom is 0.161 e. The van der Waals surface area contributed by atoms with Gasteiger partial charge in [0.15, 0.2) is 11.5 Å². The molecular weight excluding hydrogens is 358 g/mol. The molecule has 1 aromatic heterocycles. The zero-order valence-corrected chi connectivity index (χ0v) is 16.6. The lowest BCUT2D eigenvalue weighted by atomic mass is 10.2. The van der Waals surface area contributed by atoms with E-state index in [2.05, 4.69) is 14.8 Å². The molecule has 1 aliphatic heterocycles. The van der Waals surface area contributed by atoms with E-state index >= 15 is 0 Å². The summed E-state index contributed by atoms with van der Waals surface area (Å²) >= 11 is 0. The molecule has 1 N–H and O–H groups in total. The number of aliphatic hydroxyl groups is 1. The minimum atomic E-state index is -0.512. The van der Waals surface area contributed by atoms with Crippen molar-refractivity contribution in [3.63, 3.8) is 0 Å². The zero-order chi connectivity index (χ0) is 19.8. The van der Waals surface area contributed by atoms with Gasteiger partial charge >= 0.3 is 0 Å². The second kappa shape index (κ2) is 10.3. The van der Waals surface area contributed by atoms with Crippen LogP contribution in [-0.4, -0.2) is 74.6 Å². The van der Waals surface area contributed by atoms with Crippen molar-refractivity contribution >= 4 is 5.82 Å². The van der Waals surface area contributed by atoms with Crippen molar-refractivity contribution in [1.29, 1.82) is 0 Å². The van der Waals surface area contributed by atoms with Crippen LogP contribution in [0.1, 0.15) is 5.56 Å². The first-order chi connectivity index (χ1) is 13.7. The van der Waals surface area contributed by atoms with Crippen molar-refractivity contribution in [3.05, 3.63) is 48.2 Å². The van der Waals surface area contributed by atoms with E-state index in [1.165, 1.54) is 0 Å². The van der Waals surface area contributed by atoms with Crippen molar-refractivity contribution in [2.75, 3.05) is 58.5 Å². The molecule has 7 heteroatoms. The lowest BCUT2D eigenvalue weighted by Gasteiger charge is -2.36. The minimum absolute atomic E-state index is 0.300. The number of aromatic nitrogens is 1. The van der Waals surface area contributed by atoms with Gasteiger partial charge in [-0.2, -0.15) is 0 Å². The van der Waals surface area contributed by atoms with E-state index in [4.69, 9.17) is 14.2 Å². The number of piperazine rings is 1. The van der Waals surface area contributed by atoms with Crippen molar-refractivity contribution < 1.29 is 19.3 Å². The SMILES string of the molecule is COc1ccc(COC[C@H](O)CN2CCN(c3ccccn3)CC2)cc1OC. The van der Waals surface area contributed by atoms with Gasteiger partial charge < -0.3 is 24.2 Å². The number of anilines is 1. The van der Waals surface area contributed by atoms with Gasteiger partial charge in [-0.25, -0.2) is 4.98 Å². The van der Waals surface area contributed by atoms with Crippen LogP contribution in [0.3, 0.4) is 0 Å². The van der Waals surface area contributed by atoms with Crippen LogP contribution in [0.15, 0.2) is 42.6 Å². The predicted molar refractivity (Wildman–Crippen MR) is 108 cm³/mol. The number of nitrogens with zero attached hydrogens (tertiary/aromatic N) is 3. The smallest absolute Gasteiger partial charge is 0.161 e. The van der Waals surface area contributed by atoms with Gasteiger partial charge in [-0.05, 0) is 29.8 Å². The summed E-state index contributed by atoms with van der Waals surface area (Å²) in [5.74, 6) is 2.38. The number of hydrogen-bond donors (Lipinski definition) is 1. The fraction of sp³-hybridized carbons (Fsp3) is 0.476. The van der Waals surface area contributed by atoms with Crippen LogP contribution in [0, 0.1) is 0 Å². The Kier molecular flexibility index (Phi) is 7.47. The molecule has 0 unspecified atom stereocenters. The molecule has 2 heterocycles. The molecule has 0 bridgehead atoms. The van der Waals surface area contributed by atoms with Gasteiger partial charge in [-0.3, -0.25) is 4.90 Å². The van der Waals surface area contributed by atoms with Crippen LogP contribution in [0.25, 0.3) is 0 Å². The highest BCUT2D eigenvalue weighted by Gasteiger charge is 2.20. The Balaban J connectivity index is 1.38. The highest BCUT2D eigenvalue weighted by atomic mass is 16.5. The molecule has 1 atom stereocenters. The van der Waals surface area contributed by atoms with Crippen LogP contribution in [0.4, 0.5) is 5.82 Å². The molecule has 7 nitrogen and oxygen atoms in total. The highest BCUT2D eigenvalue weighted by Crippen LogP contribution is 2.27. The van der Waals surface area contributed by atoms with Crippen LogP contribution < -0.4 is 14.4 Å². The Morgan fingerprint density at radius 1 is 1.04 bits per heavy atom. The van der Waals surface area contributed by atoms with E-state index in [0.717, 1.165) is 37.6 Å². The van der Waals surface area contributed by atoms with Crippen LogP contribution in [-0.2, 0) is 11.3 Å². The first kappa shape index (κ1) is 20.4. The van der Waals surface area contributed by atoms with E-state index in [1.54, 1.807) is 14.2 Å². The largest absolute Gasteiger partial charge is 0.493 e. The van der Waals surface area contributed by atoms with Gasteiger partial charge in [-0.1, -0.05) is 12.1 Å². The molecule has 1 aliphatic rings. The Morgan fingerprint density at radius 3 is 2.50 bits per heavy atom. The average Bonchev–Trinajstić information content (AvgIpc) is 2.74. The average molecular weight is 387 g/mol. The van der Waals surface area contributed by atoms with Gasteiger partial charge in [0.25, 0.3) is 0 Å². The number of benzene rings is 1. The van der Waals surface area contributed by atoms with E-state index in [-0.39, 0.29) is 0 Å². The maximum absolute atomic E-state index is 10.3. The number of aliphatic hydroxyl groups excluding tert-OH is 1. The Labute approximate surface area is 166 Å². The second-order valence-electron chi connectivity index (χ2n) is 6.83. The van der Waals surface area contributed by atoms with Crippen LogP contribution in [0.2, 0.25) is 0 Å². The molecule has 0 amide bonds. The van der Waals surface area contributed by atoms with E-state index in [9.17, 15) is 5.11 Å². The number of ether oxygens (including phenoxy) is 3.